The van der Waals surface area contributed by atoms with E-state index in [1.807, 2.05) is 32.0 Å². The van der Waals surface area contributed by atoms with Crippen LogP contribution >= 0.6 is 11.6 Å². The largest absolute Gasteiger partial charge is 0.491 e. The van der Waals surface area contributed by atoms with Crippen molar-refractivity contribution in [1.29, 1.82) is 0 Å². The number of amides is 1. The molecule has 0 aromatic heterocycles. The van der Waals surface area contributed by atoms with Crippen LogP contribution in [0.15, 0.2) is 71.6 Å². The van der Waals surface area contributed by atoms with Gasteiger partial charge in [-0.1, -0.05) is 41.9 Å². The Morgan fingerprint density at radius 3 is 2.65 bits per heavy atom. The number of nitrogens with one attached hydrogen (secondary N) is 1. The first kappa shape index (κ1) is 23.9. The fourth-order valence-corrected chi connectivity index (χ4v) is 5.29. The average molecular weight is 501 g/mol. The van der Waals surface area contributed by atoms with E-state index in [4.69, 9.17) is 21.1 Å². The molecule has 3 aromatic rings. The van der Waals surface area contributed by atoms with Gasteiger partial charge >= 0.3 is 0 Å². The lowest BCUT2D eigenvalue weighted by molar-refractivity contribution is -0.127. The van der Waals surface area contributed by atoms with Crippen molar-refractivity contribution < 1.29 is 22.7 Å². The van der Waals surface area contributed by atoms with Crippen molar-refractivity contribution in [3.8, 4) is 11.5 Å². The molecular weight excluding hydrogens is 476 g/mol. The van der Waals surface area contributed by atoms with Crippen molar-refractivity contribution >= 4 is 33.2 Å². The molecule has 0 aliphatic carbocycles. The molecule has 0 bridgehead atoms. The topological polar surface area (TPSA) is 84.9 Å². The Balaban J connectivity index is 1.48. The Morgan fingerprint density at radius 2 is 1.88 bits per heavy atom. The first-order chi connectivity index (χ1) is 16.3. The summed E-state index contributed by atoms with van der Waals surface area (Å²) in [5, 5.41) is 3.14. The number of anilines is 1. The van der Waals surface area contributed by atoms with Gasteiger partial charge in [0.15, 0.2) is 6.10 Å². The molecule has 0 saturated heterocycles. The number of carbonyl (C=O) groups excluding carboxylic acids is 1. The highest BCUT2D eigenvalue weighted by Gasteiger charge is 2.37. The molecule has 1 N–H and O–H groups in total. The Kier molecular flexibility index (Phi) is 7.00. The molecule has 0 fully saturated rings. The van der Waals surface area contributed by atoms with Gasteiger partial charge in [-0.25, -0.2) is 8.42 Å². The average Bonchev–Trinajstić information content (AvgIpc) is 2.84. The molecule has 178 valence electrons. The van der Waals surface area contributed by atoms with Crippen LogP contribution in [0.25, 0.3) is 0 Å². The standard InChI is InChI=1S/C25H25ClN2O5S/c1-17-7-6-10-22(18(17)2)32-14-13-27-25(29)24-16-28(21-15-19(26)11-12-23(21)33-24)34(30,31)20-8-4-3-5-9-20/h3-12,15,24H,13-14,16H2,1-2H3,(H,27,29)/t24-/m0/s1. The fourth-order valence-electron chi connectivity index (χ4n) is 3.64. The number of halogens is 1. The summed E-state index contributed by atoms with van der Waals surface area (Å²) < 4.78 is 39.6. The van der Waals surface area contributed by atoms with Crippen LogP contribution in [-0.4, -0.2) is 40.1 Å². The molecule has 34 heavy (non-hydrogen) atoms. The number of hydrogen-bond acceptors (Lipinski definition) is 5. The number of fused-ring (bicyclic) bond motifs is 1. The van der Waals surface area contributed by atoms with Gasteiger partial charge in [0.1, 0.15) is 18.1 Å². The first-order valence-electron chi connectivity index (χ1n) is 10.8. The Morgan fingerprint density at radius 1 is 1.12 bits per heavy atom. The highest BCUT2D eigenvalue weighted by Crippen LogP contribution is 2.38. The summed E-state index contributed by atoms with van der Waals surface area (Å²) in [6.07, 6.45) is -1.03. The highest BCUT2D eigenvalue weighted by atomic mass is 35.5. The van der Waals surface area contributed by atoms with Crippen molar-refractivity contribution in [3.05, 3.63) is 82.9 Å². The number of aryl methyl sites for hydroxylation is 1. The molecule has 1 atom stereocenters. The third-order valence-corrected chi connectivity index (χ3v) is 7.66. The summed E-state index contributed by atoms with van der Waals surface area (Å²) in [4.78, 5) is 13.0. The second-order valence-electron chi connectivity index (χ2n) is 7.91. The van der Waals surface area contributed by atoms with Gasteiger partial charge in [-0.05, 0) is 61.4 Å². The monoisotopic (exact) mass is 500 g/mol. The van der Waals surface area contributed by atoms with Crippen LogP contribution in [0.1, 0.15) is 11.1 Å². The van der Waals surface area contributed by atoms with E-state index in [1.165, 1.54) is 22.5 Å². The summed E-state index contributed by atoms with van der Waals surface area (Å²) in [6.45, 7) is 4.30. The maximum Gasteiger partial charge on any atom is 0.264 e. The van der Waals surface area contributed by atoms with Crippen LogP contribution in [0.2, 0.25) is 5.02 Å². The van der Waals surface area contributed by atoms with E-state index >= 15 is 0 Å². The summed E-state index contributed by atoms with van der Waals surface area (Å²) in [6, 6.07) is 18.5. The van der Waals surface area contributed by atoms with Crippen molar-refractivity contribution in [3.63, 3.8) is 0 Å². The lowest BCUT2D eigenvalue weighted by Crippen LogP contribution is -2.51. The SMILES string of the molecule is Cc1cccc(OCCNC(=O)[C@@H]2CN(S(=O)(=O)c3ccccc3)c3cc(Cl)ccc3O2)c1C. The van der Waals surface area contributed by atoms with Crippen LogP contribution in [-0.2, 0) is 14.8 Å². The van der Waals surface area contributed by atoms with E-state index in [-0.39, 0.29) is 30.3 Å². The van der Waals surface area contributed by atoms with Gasteiger partial charge in [0, 0.05) is 5.02 Å². The number of carbonyl (C=O) groups is 1. The van der Waals surface area contributed by atoms with Crippen LogP contribution in [0.5, 0.6) is 11.5 Å². The predicted octanol–water partition coefficient (Wildman–Crippen LogP) is 4.11. The van der Waals surface area contributed by atoms with E-state index in [2.05, 4.69) is 5.32 Å². The first-order valence-corrected chi connectivity index (χ1v) is 12.6. The Bertz CT molecular complexity index is 1300. The zero-order valence-electron chi connectivity index (χ0n) is 18.8. The zero-order valence-corrected chi connectivity index (χ0v) is 20.4. The third kappa shape index (κ3) is 4.98. The Labute approximate surface area is 204 Å². The van der Waals surface area contributed by atoms with Crippen molar-refractivity contribution in [1.82, 2.24) is 5.32 Å². The number of ether oxygens (including phenoxy) is 2. The van der Waals surface area contributed by atoms with Gasteiger partial charge in [0.05, 0.1) is 23.7 Å². The molecule has 1 aliphatic heterocycles. The zero-order chi connectivity index (χ0) is 24.3. The number of hydrogen-bond donors (Lipinski definition) is 1. The number of rotatable bonds is 7. The van der Waals surface area contributed by atoms with E-state index in [0.717, 1.165) is 16.9 Å². The maximum atomic E-state index is 13.4. The molecule has 0 unspecified atom stereocenters. The molecule has 4 rings (SSSR count). The van der Waals surface area contributed by atoms with Gasteiger partial charge in [0.2, 0.25) is 0 Å². The van der Waals surface area contributed by atoms with Gasteiger partial charge in [-0.3, -0.25) is 9.10 Å². The number of sulfonamides is 1. The summed E-state index contributed by atoms with van der Waals surface area (Å²) in [5.74, 6) is 0.592. The van der Waals surface area contributed by atoms with Crippen molar-refractivity contribution in [2.45, 2.75) is 24.8 Å². The quantitative estimate of drug-likeness (QED) is 0.493. The summed E-state index contributed by atoms with van der Waals surface area (Å²) >= 11 is 6.12. The molecule has 1 aliphatic rings. The van der Waals surface area contributed by atoms with E-state index in [0.29, 0.717) is 10.7 Å². The molecule has 7 nitrogen and oxygen atoms in total. The predicted molar refractivity (Wildman–Crippen MR) is 131 cm³/mol. The normalized spacial score (nSPS) is 15.3. The summed E-state index contributed by atoms with van der Waals surface area (Å²) in [7, 11) is -3.94. The third-order valence-electron chi connectivity index (χ3n) is 5.63. The second-order valence-corrected chi connectivity index (χ2v) is 10.2. The van der Waals surface area contributed by atoms with Crippen molar-refractivity contribution in [2.24, 2.45) is 0 Å². The van der Waals surface area contributed by atoms with Crippen LogP contribution in [0.3, 0.4) is 0 Å². The smallest absolute Gasteiger partial charge is 0.264 e. The fraction of sp³-hybridized carbons (Fsp3) is 0.240. The molecular formula is C25H25ClN2O5S. The summed E-state index contributed by atoms with van der Waals surface area (Å²) in [5.41, 5.74) is 2.45. The number of nitrogens with zero attached hydrogens (tertiary/aromatic N) is 1. The molecule has 3 aromatic carbocycles. The Hall–Kier alpha value is -3.23. The molecule has 0 saturated carbocycles. The second kappa shape index (κ2) is 9.95. The van der Waals surface area contributed by atoms with Crippen LogP contribution in [0, 0.1) is 13.8 Å². The highest BCUT2D eigenvalue weighted by molar-refractivity contribution is 7.92. The minimum atomic E-state index is -3.94. The van der Waals surface area contributed by atoms with Crippen LogP contribution < -0.4 is 19.1 Å². The van der Waals surface area contributed by atoms with E-state index < -0.39 is 22.0 Å². The molecule has 1 amide bonds. The van der Waals surface area contributed by atoms with Crippen molar-refractivity contribution in [2.75, 3.05) is 24.0 Å². The number of benzene rings is 3. The van der Waals surface area contributed by atoms with Crippen LogP contribution in [0.4, 0.5) is 5.69 Å². The van der Waals surface area contributed by atoms with Gasteiger partial charge < -0.3 is 14.8 Å². The van der Waals surface area contributed by atoms with Gasteiger partial charge in [-0.15, -0.1) is 0 Å². The maximum absolute atomic E-state index is 13.4. The minimum Gasteiger partial charge on any atom is -0.491 e. The lowest BCUT2D eigenvalue weighted by atomic mass is 10.1. The van der Waals surface area contributed by atoms with Gasteiger partial charge in [-0.2, -0.15) is 0 Å². The molecule has 0 radical (unpaired) electrons. The molecule has 1 heterocycles. The minimum absolute atomic E-state index is 0.115. The van der Waals surface area contributed by atoms with Gasteiger partial charge in [0.25, 0.3) is 15.9 Å². The van der Waals surface area contributed by atoms with E-state index in [9.17, 15) is 13.2 Å². The molecule has 0 spiro atoms. The molecule has 9 heteroatoms. The van der Waals surface area contributed by atoms with E-state index in [1.54, 1.807) is 30.3 Å². The lowest BCUT2D eigenvalue weighted by Gasteiger charge is -2.34.